The minimum Gasteiger partial charge on any atom is -0.372 e. The number of amides is 2. The first-order valence-corrected chi connectivity index (χ1v) is 4.78. The standard InChI is InChI=1S/C11H14N2O3/c1-7(16-2)11(15)13-9-5-3-8(4-6-9)10(12)14/h3-7H,1-2H3,(H2,12,14)(H,13,15). The highest BCUT2D eigenvalue weighted by molar-refractivity contribution is 5.96. The van der Waals surface area contributed by atoms with Crippen molar-refractivity contribution in [1.82, 2.24) is 0 Å². The molecular weight excluding hydrogens is 208 g/mol. The molecule has 1 aromatic rings. The van der Waals surface area contributed by atoms with Crippen LogP contribution in [-0.4, -0.2) is 25.0 Å². The molecule has 0 bridgehead atoms. The van der Waals surface area contributed by atoms with Crippen LogP contribution < -0.4 is 11.1 Å². The van der Waals surface area contributed by atoms with Gasteiger partial charge in [-0.05, 0) is 31.2 Å². The van der Waals surface area contributed by atoms with Crippen LogP contribution in [0.5, 0.6) is 0 Å². The van der Waals surface area contributed by atoms with Gasteiger partial charge in [0.05, 0.1) is 0 Å². The van der Waals surface area contributed by atoms with Crippen molar-refractivity contribution >= 4 is 17.5 Å². The molecule has 0 radical (unpaired) electrons. The fourth-order valence-electron chi connectivity index (χ4n) is 1.07. The first-order chi connectivity index (χ1) is 7.54. The van der Waals surface area contributed by atoms with E-state index in [-0.39, 0.29) is 5.91 Å². The van der Waals surface area contributed by atoms with Gasteiger partial charge in [-0.1, -0.05) is 0 Å². The van der Waals surface area contributed by atoms with Crippen LogP contribution in [0.1, 0.15) is 17.3 Å². The maximum Gasteiger partial charge on any atom is 0.253 e. The average molecular weight is 222 g/mol. The number of anilines is 1. The number of nitrogens with one attached hydrogen (secondary N) is 1. The Kier molecular flexibility index (Phi) is 4.02. The summed E-state index contributed by atoms with van der Waals surface area (Å²) in [4.78, 5) is 22.2. The fourth-order valence-corrected chi connectivity index (χ4v) is 1.07. The van der Waals surface area contributed by atoms with Gasteiger partial charge in [-0.25, -0.2) is 0 Å². The van der Waals surface area contributed by atoms with Gasteiger partial charge >= 0.3 is 0 Å². The van der Waals surface area contributed by atoms with Gasteiger partial charge in [0.2, 0.25) is 5.91 Å². The van der Waals surface area contributed by atoms with Crippen molar-refractivity contribution in [1.29, 1.82) is 0 Å². The van der Waals surface area contributed by atoms with Gasteiger partial charge in [0.1, 0.15) is 6.10 Å². The summed E-state index contributed by atoms with van der Waals surface area (Å²) in [6.07, 6.45) is -0.518. The summed E-state index contributed by atoms with van der Waals surface area (Å²) >= 11 is 0. The monoisotopic (exact) mass is 222 g/mol. The summed E-state index contributed by atoms with van der Waals surface area (Å²) in [5.41, 5.74) is 6.09. The number of rotatable bonds is 4. The van der Waals surface area contributed by atoms with Crippen LogP contribution in [0.4, 0.5) is 5.69 Å². The second-order valence-electron chi connectivity index (χ2n) is 3.31. The lowest BCUT2D eigenvalue weighted by Crippen LogP contribution is -2.26. The van der Waals surface area contributed by atoms with E-state index in [1.165, 1.54) is 7.11 Å². The lowest BCUT2D eigenvalue weighted by atomic mass is 10.2. The summed E-state index contributed by atoms with van der Waals surface area (Å²) < 4.78 is 4.86. The molecule has 0 spiro atoms. The van der Waals surface area contributed by atoms with Gasteiger partial charge < -0.3 is 15.8 Å². The molecule has 0 aliphatic heterocycles. The number of methoxy groups -OCH3 is 1. The Morgan fingerprint density at radius 3 is 2.31 bits per heavy atom. The average Bonchev–Trinajstić information content (AvgIpc) is 2.28. The summed E-state index contributed by atoms with van der Waals surface area (Å²) in [5, 5.41) is 2.64. The van der Waals surface area contributed by atoms with Crippen LogP contribution in [0.15, 0.2) is 24.3 Å². The van der Waals surface area contributed by atoms with E-state index >= 15 is 0 Å². The van der Waals surface area contributed by atoms with Gasteiger partial charge in [-0.15, -0.1) is 0 Å². The number of carbonyl (C=O) groups excluding carboxylic acids is 2. The van der Waals surface area contributed by atoms with E-state index in [4.69, 9.17) is 10.5 Å². The lowest BCUT2D eigenvalue weighted by molar-refractivity contribution is -0.124. The van der Waals surface area contributed by atoms with Crippen LogP contribution in [0.3, 0.4) is 0 Å². The molecule has 0 fully saturated rings. The molecule has 0 saturated carbocycles. The number of benzene rings is 1. The van der Waals surface area contributed by atoms with Crippen LogP contribution in [0, 0.1) is 0 Å². The molecule has 0 heterocycles. The van der Waals surface area contributed by atoms with Gasteiger partial charge in [-0.2, -0.15) is 0 Å². The van der Waals surface area contributed by atoms with Crippen LogP contribution in [0.25, 0.3) is 0 Å². The summed E-state index contributed by atoms with van der Waals surface area (Å²) in [7, 11) is 1.46. The highest BCUT2D eigenvalue weighted by Gasteiger charge is 2.11. The van der Waals surface area contributed by atoms with Gasteiger partial charge in [0.25, 0.3) is 5.91 Å². The molecule has 1 rings (SSSR count). The molecule has 1 atom stereocenters. The van der Waals surface area contributed by atoms with Gasteiger partial charge in [-0.3, -0.25) is 9.59 Å². The van der Waals surface area contributed by atoms with Crippen molar-refractivity contribution in [3.63, 3.8) is 0 Å². The third-order valence-corrected chi connectivity index (χ3v) is 2.16. The van der Waals surface area contributed by atoms with Crippen molar-refractivity contribution in [2.75, 3.05) is 12.4 Å². The summed E-state index contributed by atoms with van der Waals surface area (Å²) in [5.74, 6) is -0.738. The van der Waals surface area contributed by atoms with E-state index in [9.17, 15) is 9.59 Å². The van der Waals surface area contributed by atoms with Crippen LogP contribution in [0.2, 0.25) is 0 Å². The predicted octanol–water partition coefficient (Wildman–Crippen LogP) is 0.759. The molecule has 2 amide bonds. The molecule has 0 aliphatic rings. The molecule has 16 heavy (non-hydrogen) atoms. The number of ether oxygens (including phenoxy) is 1. The minimum absolute atomic E-state index is 0.241. The molecule has 5 heteroatoms. The van der Waals surface area contributed by atoms with Gasteiger partial charge in [0, 0.05) is 18.4 Å². The Balaban J connectivity index is 2.69. The second kappa shape index (κ2) is 5.27. The fraction of sp³-hybridized carbons (Fsp3) is 0.273. The van der Waals surface area contributed by atoms with Crippen LogP contribution >= 0.6 is 0 Å². The second-order valence-corrected chi connectivity index (χ2v) is 3.31. The molecule has 1 aromatic carbocycles. The minimum atomic E-state index is -0.518. The Hall–Kier alpha value is -1.88. The third kappa shape index (κ3) is 3.06. The number of hydrogen-bond acceptors (Lipinski definition) is 3. The zero-order chi connectivity index (χ0) is 12.1. The van der Waals surface area contributed by atoms with E-state index in [0.29, 0.717) is 11.3 Å². The van der Waals surface area contributed by atoms with E-state index in [0.717, 1.165) is 0 Å². The Bertz CT molecular complexity index is 387. The first-order valence-electron chi connectivity index (χ1n) is 4.78. The van der Waals surface area contributed by atoms with E-state index < -0.39 is 12.0 Å². The van der Waals surface area contributed by atoms with Crippen LogP contribution in [-0.2, 0) is 9.53 Å². The van der Waals surface area contributed by atoms with Crippen molar-refractivity contribution in [3.8, 4) is 0 Å². The summed E-state index contributed by atoms with van der Waals surface area (Å²) in [6, 6.07) is 6.32. The normalized spacial score (nSPS) is 11.9. The maximum absolute atomic E-state index is 11.4. The Labute approximate surface area is 93.6 Å². The van der Waals surface area contributed by atoms with E-state index in [1.54, 1.807) is 31.2 Å². The number of carbonyl (C=O) groups is 2. The van der Waals surface area contributed by atoms with Crippen molar-refractivity contribution in [2.45, 2.75) is 13.0 Å². The highest BCUT2D eigenvalue weighted by atomic mass is 16.5. The van der Waals surface area contributed by atoms with Crippen molar-refractivity contribution < 1.29 is 14.3 Å². The Morgan fingerprint density at radius 1 is 1.31 bits per heavy atom. The molecule has 5 nitrogen and oxygen atoms in total. The van der Waals surface area contributed by atoms with E-state index in [1.807, 2.05) is 0 Å². The molecule has 0 saturated heterocycles. The molecule has 1 unspecified atom stereocenters. The zero-order valence-electron chi connectivity index (χ0n) is 9.19. The van der Waals surface area contributed by atoms with Gasteiger partial charge in [0.15, 0.2) is 0 Å². The first kappa shape index (κ1) is 12.2. The quantitative estimate of drug-likeness (QED) is 0.789. The number of nitrogens with two attached hydrogens (primary N) is 1. The molecule has 86 valence electrons. The summed E-state index contributed by atoms with van der Waals surface area (Å²) in [6.45, 7) is 1.65. The number of primary amides is 1. The molecular formula is C11H14N2O3. The largest absolute Gasteiger partial charge is 0.372 e. The third-order valence-electron chi connectivity index (χ3n) is 2.16. The highest BCUT2D eigenvalue weighted by Crippen LogP contribution is 2.09. The SMILES string of the molecule is COC(C)C(=O)Nc1ccc(C(N)=O)cc1. The topological polar surface area (TPSA) is 81.4 Å². The number of hydrogen-bond donors (Lipinski definition) is 2. The molecule has 0 aromatic heterocycles. The van der Waals surface area contributed by atoms with E-state index in [2.05, 4.69) is 5.32 Å². The van der Waals surface area contributed by atoms with Crippen molar-refractivity contribution in [3.05, 3.63) is 29.8 Å². The maximum atomic E-state index is 11.4. The lowest BCUT2D eigenvalue weighted by Gasteiger charge is -2.10. The molecule has 0 aliphatic carbocycles. The predicted molar refractivity (Wildman–Crippen MR) is 60.1 cm³/mol. The van der Waals surface area contributed by atoms with Crippen molar-refractivity contribution in [2.24, 2.45) is 5.73 Å². The zero-order valence-corrected chi connectivity index (χ0v) is 9.19. The smallest absolute Gasteiger partial charge is 0.253 e. The molecule has 3 N–H and O–H groups in total. The Morgan fingerprint density at radius 2 is 1.88 bits per heavy atom.